The summed E-state index contributed by atoms with van der Waals surface area (Å²) in [7, 11) is 0. The van der Waals surface area contributed by atoms with Crippen molar-refractivity contribution in [3.63, 3.8) is 0 Å². The number of hydrogen-bond acceptors (Lipinski definition) is 2. The van der Waals surface area contributed by atoms with Gasteiger partial charge in [-0.15, -0.1) is 12.4 Å². The van der Waals surface area contributed by atoms with Crippen LogP contribution < -0.4 is 5.73 Å². The molecule has 0 bridgehead atoms. The van der Waals surface area contributed by atoms with Crippen molar-refractivity contribution >= 4 is 18.3 Å². The molecule has 0 unspecified atom stereocenters. The van der Waals surface area contributed by atoms with Crippen LogP contribution in [0.2, 0.25) is 0 Å². The van der Waals surface area contributed by atoms with Gasteiger partial charge in [0.1, 0.15) is 0 Å². The van der Waals surface area contributed by atoms with Crippen LogP contribution in [0.4, 0.5) is 0 Å². The van der Waals surface area contributed by atoms with Gasteiger partial charge in [0, 0.05) is 24.8 Å². The first-order chi connectivity index (χ1) is 6.80. The molecule has 0 aliphatic rings. The number of pyridine rings is 1. The second-order valence-electron chi connectivity index (χ2n) is 2.49. The third-order valence-electron chi connectivity index (χ3n) is 1.44. The smallest absolute Gasteiger partial charge is 0.250 e. The van der Waals surface area contributed by atoms with Crippen LogP contribution in [0.5, 0.6) is 0 Å². The van der Waals surface area contributed by atoms with Gasteiger partial charge < -0.3 is 10.7 Å². The number of amides is 1. The van der Waals surface area contributed by atoms with Crippen LogP contribution in [0.15, 0.2) is 49.1 Å². The normalized spacial score (nSPS) is 8.00. The number of carbonyl (C=O) groups excluding carboxylic acids is 1. The van der Waals surface area contributed by atoms with E-state index in [2.05, 4.69) is 9.97 Å². The highest BCUT2D eigenvalue weighted by Gasteiger charge is 1.94. The lowest BCUT2D eigenvalue weighted by Gasteiger charge is -1.88. The van der Waals surface area contributed by atoms with Gasteiger partial charge in [-0.05, 0) is 24.3 Å². The SMILES string of the molecule is Cl.NC(=O)c1cccnc1.c1cc[nH]c1. The van der Waals surface area contributed by atoms with Crippen LogP contribution in [0, 0.1) is 0 Å². The Morgan fingerprint density at radius 3 is 2.20 bits per heavy atom. The summed E-state index contributed by atoms with van der Waals surface area (Å²) in [6.07, 6.45) is 6.77. The number of primary amides is 1. The first-order valence-electron chi connectivity index (χ1n) is 4.08. The number of nitrogens with zero attached hydrogens (tertiary/aromatic N) is 1. The number of aromatic amines is 1. The van der Waals surface area contributed by atoms with Crippen molar-refractivity contribution in [1.29, 1.82) is 0 Å². The summed E-state index contributed by atoms with van der Waals surface area (Å²) in [5.41, 5.74) is 5.38. The number of hydrogen-bond donors (Lipinski definition) is 2. The third-order valence-corrected chi connectivity index (χ3v) is 1.44. The summed E-state index contributed by atoms with van der Waals surface area (Å²) in [4.78, 5) is 16.9. The van der Waals surface area contributed by atoms with Crippen molar-refractivity contribution in [3.8, 4) is 0 Å². The lowest BCUT2D eigenvalue weighted by Crippen LogP contribution is -2.10. The standard InChI is InChI=1S/C6H6N2O.C4H5N.ClH/c7-6(9)5-2-1-3-8-4-5;1-2-4-5-3-1;/h1-4H,(H2,7,9);1-5H;1H. The highest BCUT2D eigenvalue weighted by atomic mass is 35.5. The molecule has 0 fully saturated rings. The van der Waals surface area contributed by atoms with Crippen LogP contribution in [-0.2, 0) is 0 Å². The molecule has 2 aromatic heterocycles. The molecule has 0 spiro atoms. The van der Waals surface area contributed by atoms with Crippen LogP contribution in [0.1, 0.15) is 10.4 Å². The van der Waals surface area contributed by atoms with Crippen LogP contribution in [0.25, 0.3) is 0 Å². The molecule has 80 valence electrons. The lowest BCUT2D eigenvalue weighted by atomic mass is 10.3. The number of aromatic nitrogens is 2. The average Bonchev–Trinajstić information content (AvgIpc) is 2.77. The highest BCUT2D eigenvalue weighted by Crippen LogP contribution is 1.91. The quantitative estimate of drug-likeness (QED) is 0.774. The van der Waals surface area contributed by atoms with E-state index >= 15 is 0 Å². The minimum Gasteiger partial charge on any atom is -0.368 e. The van der Waals surface area contributed by atoms with E-state index in [9.17, 15) is 4.79 Å². The zero-order valence-corrected chi connectivity index (χ0v) is 8.78. The molecule has 0 aliphatic heterocycles. The fourth-order valence-corrected chi connectivity index (χ4v) is 0.786. The molecule has 2 aromatic rings. The summed E-state index contributed by atoms with van der Waals surface area (Å²) >= 11 is 0. The Hall–Kier alpha value is -1.81. The first-order valence-corrected chi connectivity index (χ1v) is 4.08. The molecule has 0 atom stereocenters. The summed E-state index contributed by atoms with van der Waals surface area (Å²) in [6.45, 7) is 0. The molecule has 3 N–H and O–H groups in total. The Morgan fingerprint density at radius 2 is 1.93 bits per heavy atom. The minimum absolute atomic E-state index is 0. The van der Waals surface area contributed by atoms with Crippen molar-refractivity contribution in [2.75, 3.05) is 0 Å². The Kier molecular flexibility index (Phi) is 6.67. The predicted molar refractivity (Wildman–Crippen MR) is 60.8 cm³/mol. The fourth-order valence-electron chi connectivity index (χ4n) is 0.786. The van der Waals surface area contributed by atoms with Crippen molar-refractivity contribution < 1.29 is 4.79 Å². The van der Waals surface area contributed by atoms with E-state index in [0.717, 1.165) is 0 Å². The molecule has 0 saturated heterocycles. The van der Waals surface area contributed by atoms with Gasteiger partial charge in [-0.3, -0.25) is 9.78 Å². The van der Waals surface area contributed by atoms with E-state index in [4.69, 9.17) is 5.73 Å². The van der Waals surface area contributed by atoms with E-state index in [-0.39, 0.29) is 12.4 Å². The second-order valence-corrected chi connectivity index (χ2v) is 2.49. The molecular weight excluding hydrogens is 214 g/mol. The Bertz CT molecular complexity index is 344. The van der Waals surface area contributed by atoms with E-state index in [1.165, 1.54) is 6.20 Å². The Morgan fingerprint density at radius 1 is 1.27 bits per heavy atom. The number of halogens is 1. The Labute approximate surface area is 93.9 Å². The van der Waals surface area contributed by atoms with Crippen molar-refractivity contribution in [2.24, 2.45) is 5.73 Å². The van der Waals surface area contributed by atoms with E-state index in [0.29, 0.717) is 5.56 Å². The summed E-state index contributed by atoms with van der Waals surface area (Å²) < 4.78 is 0. The van der Waals surface area contributed by atoms with Crippen LogP contribution in [0.3, 0.4) is 0 Å². The number of nitrogens with two attached hydrogens (primary N) is 1. The van der Waals surface area contributed by atoms with E-state index in [1.54, 1.807) is 18.3 Å². The molecule has 0 radical (unpaired) electrons. The molecule has 5 heteroatoms. The first kappa shape index (κ1) is 13.2. The molecule has 15 heavy (non-hydrogen) atoms. The van der Waals surface area contributed by atoms with Gasteiger partial charge in [0.15, 0.2) is 0 Å². The van der Waals surface area contributed by atoms with Crippen molar-refractivity contribution in [1.82, 2.24) is 9.97 Å². The maximum absolute atomic E-state index is 10.4. The molecule has 0 saturated carbocycles. The predicted octanol–water partition coefficient (Wildman–Crippen LogP) is 1.62. The Balaban J connectivity index is 0.000000280. The van der Waals surface area contributed by atoms with E-state index in [1.807, 2.05) is 24.5 Å². The van der Waals surface area contributed by atoms with Gasteiger partial charge in [-0.2, -0.15) is 0 Å². The van der Waals surface area contributed by atoms with E-state index < -0.39 is 5.91 Å². The van der Waals surface area contributed by atoms with Crippen LogP contribution in [-0.4, -0.2) is 15.9 Å². The van der Waals surface area contributed by atoms with Crippen molar-refractivity contribution in [2.45, 2.75) is 0 Å². The number of carbonyl (C=O) groups is 1. The van der Waals surface area contributed by atoms with Gasteiger partial charge in [-0.25, -0.2) is 0 Å². The average molecular weight is 226 g/mol. The monoisotopic (exact) mass is 225 g/mol. The maximum atomic E-state index is 10.4. The molecule has 1 amide bonds. The summed E-state index contributed by atoms with van der Waals surface area (Å²) in [5.74, 6) is -0.442. The zero-order valence-electron chi connectivity index (χ0n) is 7.96. The molecular formula is C10H12ClN3O. The van der Waals surface area contributed by atoms with Gasteiger partial charge in [-0.1, -0.05) is 0 Å². The third kappa shape index (κ3) is 5.49. The molecule has 0 aromatic carbocycles. The van der Waals surface area contributed by atoms with Gasteiger partial charge in [0.25, 0.3) is 0 Å². The number of rotatable bonds is 1. The fraction of sp³-hybridized carbons (Fsp3) is 0. The minimum atomic E-state index is -0.442. The van der Waals surface area contributed by atoms with Crippen LogP contribution >= 0.6 is 12.4 Å². The van der Waals surface area contributed by atoms with Gasteiger partial charge >= 0.3 is 0 Å². The highest BCUT2D eigenvalue weighted by molar-refractivity contribution is 5.92. The van der Waals surface area contributed by atoms with Gasteiger partial charge in [0.2, 0.25) is 5.91 Å². The molecule has 0 aliphatic carbocycles. The number of H-pyrrole nitrogens is 1. The topological polar surface area (TPSA) is 71.8 Å². The zero-order chi connectivity index (χ0) is 10.2. The largest absolute Gasteiger partial charge is 0.368 e. The summed E-state index contributed by atoms with van der Waals surface area (Å²) in [5, 5.41) is 0. The summed E-state index contributed by atoms with van der Waals surface area (Å²) in [6, 6.07) is 7.18. The van der Waals surface area contributed by atoms with Gasteiger partial charge in [0.05, 0.1) is 5.56 Å². The van der Waals surface area contributed by atoms with Crippen molar-refractivity contribution in [3.05, 3.63) is 54.6 Å². The molecule has 2 rings (SSSR count). The number of nitrogens with one attached hydrogen (secondary N) is 1. The lowest BCUT2D eigenvalue weighted by molar-refractivity contribution is 0.1000. The maximum Gasteiger partial charge on any atom is 0.250 e. The molecule has 4 nitrogen and oxygen atoms in total. The molecule has 2 heterocycles. The second kappa shape index (κ2) is 7.58.